The van der Waals surface area contributed by atoms with Crippen LogP contribution in [-0.4, -0.2) is 10.9 Å². The highest BCUT2D eigenvalue weighted by molar-refractivity contribution is 5.77. The van der Waals surface area contributed by atoms with E-state index in [1.54, 1.807) is 6.07 Å². The van der Waals surface area contributed by atoms with E-state index in [0.29, 0.717) is 12.3 Å². The number of hydrogen-bond acceptors (Lipinski definition) is 2. The first-order chi connectivity index (χ1) is 10.7. The maximum Gasteiger partial charge on any atom is 0.248 e. The predicted molar refractivity (Wildman–Crippen MR) is 84.4 cm³/mol. The van der Waals surface area contributed by atoms with Gasteiger partial charge in [-0.05, 0) is 74.3 Å². The van der Waals surface area contributed by atoms with Gasteiger partial charge in [-0.25, -0.2) is 0 Å². The molecule has 0 spiro atoms. The number of aryl methyl sites for hydroxylation is 1. The van der Waals surface area contributed by atoms with Crippen LogP contribution in [0.25, 0.3) is 0 Å². The third-order valence-electron chi connectivity index (χ3n) is 5.54. The average Bonchev–Trinajstić information content (AvgIpc) is 3.38. The molecule has 2 N–H and O–H groups in total. The van der Waals surface area contributed by atoms with Gasteiger partial charge in [0.15, 0.2) is 0 Å². The Kier molecular flexibility index (Phi) is 3.55. The molecule has 1 aromatic heterocycles. The number of carbonyl (C=O) groups excluding carboxylic acids is 1. The van der Waals surface area contributed by atoms with Crippen molar-refractivity contribution in [1.29, 1.82) is 0 Å². The number of carbonyl (C=O) groups is 1. The molecular formula is C18H24N2O2. The van der Waals surface area contributed by atoms with Crippen LogP contribution in [0.15, 0.2) is 16.9 Å². The fourth-order valence-corrected chi connectivity index (χ4v) is 4.08. The molecule has 0 radical (unpaired) electrons. The molecule has 22 heavy (non-hydrogen) atoms. The molecule has 4 rings (SSSR count). The van der Waals surface area contributed by atoms with Crippen molar-refractivity contribution in [2.24, 2.45) is 17.8 Å². The van der Waals surface area contributed by atoms with E-state index in [-0.39, 0.29) is 17.5 Å². The number of nitrogens with one attached hydrogen (secondary N) is 2. The zero-order valence-corrected chi connectivity index (χ0v) is 12.9. The largest absolute Gasteiger partial charge is 0.349 e. The fourth-order valence-electron chi connectivity index (χ4n) is 4.08. The first-order valence-corrected chi connectivity index (χ1v) is 8.72. The molecule has 0 aromatic carbocycles. The maximum atomic E-state index is 12.5. The number of aromatic amines is 1. The Morgan fingerprint density at radius 1 is 1.18 bits per heavy atom. The lowest BCUT2D eigenvalue weighted by atomic mass is 9.90. The summed E-state index contributed by atoms with van der Waals surface area (Å²) < 4.78 is 0. The molecule has 0 saturated heterocycles. The van der Waals surface area contributed by atoms with Crippen molar-refractivity contribution in [3.63, 3.8) is 0 Å². The summed E-state index contributed by atoms with van der Waals surface area (Å²) in [4.78, 5) is 26.8. The van der Waals surface area contributed by atoms with Gasteiger partial charge in [-0.15, -0.1) is 0 Å². The van der Waals surface area contributed by atoms with E-state index < -0.39 is 0 Å². The summed E-state index contributed by atoms with van der Waals surface area (Å²) in [7, 11) is 0. The SMILES string of the molecule is O=C(CC(C1CC1)C1CC1)N[C@H]1CCCc2[nH]c(=O)ccc21. The fraction of sp³-hybridized carbons (Fsp3) is 0.667. The van der Waals surface area contributed by atoms with Gasteiger partial charge < -0.3 is 10.3 Å². The lowest BCUT2D eigenvalue weighted by molar-refractivity contribution is -0.123. The van der Waals surface area contributed by atoms with Gasteiger partial charge in [-0.3, -0.25) is 9.59 Å². The third kappa shape index (κ3) is 2.96. The maximum absolute atomic E-state index is 12.5. The van der Waals surface area contributed by atoms with Gasteiger partial charge in [0.05, 0.1) is 6.04 Å². The lowest BCUT2D eigenvalue weighted by Crippen LogP contribution is -2.33. The normalized spacial score (nSPS) is 24.1. The molecule has 1 heterocycles. The minimum absolute atomic E-state index is 0.0479. The van der Waals surface area contributed by atoms with Gasteiger partial charge in [-0.2, -0.15) is 0 Å². The average molecular weight is 300 g/mol. The van der Waals surface area contributed by atoms with Crippen LogP contribution in [0.1, 0.15) is 62.2 Å². The van der Waals surface area contributed by atoms with Crippen LogP contribution >= 0.6 is 0 Å². The molecule has 0 unspecified atom stereocenters. The molecule has 118 valence electrons. The summed E-state index contributed by atoms with van der Waals surface area (Å²) in [5, 5.41) is 3.23. The van der Waals surface area contributed by atoms with Gasteiger partial charge in [0, 0.05) is 18.2 Å². The number of aromatic nitrogens is 1. The summed E-state index contributed by atoms with van der Waals surface area (Å²) in [6.07, 6.45) is 8.89. The topological polar surface area (TPSA) is 62.0 Å². The zero-order valence-electron chi connectivity index (χ0n) is 12.9. The van der Waals surface area contributed by atoms with Crippen molar-refractivity contribution in [2.45, 2.75) is 57.4 Å². The first-order valence-electron chi connectivity index (χ1n) is 8.72. The van der Waals surface area contributed by atoms with E-state index in [9.17, 15) is 9.59 Å². The van der Waals surface area contributed by atoms with Crippen LogP contribution < -0.4 is 10.9 Å². The number of pyridine rings is 1. The Hall–Kier alpha value is -1.58. The monoisotopic (exact) mass is 300 g/mol. The highest BCUT2D eigenvalue weighted by atomic mass is 16.1. The minimum atomic E-state index is -0.0479. The van der Waals surface area contributed by atoms with Crippen LogP contribution in [0.4, 0.5) is 0 Å². The molecular weight excluding hydrogens is 276 g/mol. The predicted octanol–water partition coefficient (Wildman–Crippen LogP) is 2.69. The van der Waals surface area contributed by atoms with E-state index in [1.807, 2.05) is 6.07 Å². The standard InChI is InChI=1S/C18H24N2O2/c21-17-9-8-13-15(19-17)2-1-3-16(13)20-18(22)10-14(11-4-5-11)12-6-7-12/h8-9,11-12,14,16H,1-7,10H2,(H,19,21)(H,20,22)/t16-/m0/s1. The molecule has 4 nitrogen and oxygen atoms in total. The Balaban J connectivity index is 1.43. The van der Waals surface area contributed by atoms with Gasteiger partial charge in [-0.1, -0.05) is 0 Å². The Bertz CT molecular complexity index is 616. The second-order valence-corrected chi connectivity index (χ2v) is 7.31. The van der Waals surface area contributed by atoms with Gasteiger partial charge in [0.25, 0.3) is 0 Å². The highest BCUT2D eigenvalue weighted by Gasteiger charge is 2.42. The van der Waals surface area contributed by atoms with Crippen molar-refractivity contribution in [1.82, 2.24) is 10.3 Å². The number of rotatable bonds is 5. The minimum Gasteiger partial charge on any atom is -0.349 e. The molecule has 0 aliphatic heterocycles. The van der Waals surface area contributed by atoms with Crippen molar-refractivity contribution in [3.8, 4) is 0 Å². The van der Waals surface area contributed by atoms with Crippen molar-refractivity contribution in [2.75, 3.05) is 0 Å². The lowest BCUT2D eigenvalue weighted by Gasteiger charge is -2.26. The molecule has 3 aliphatic carbocycles. The van der Waals surface area contributed by atoms with Crippen molar-refractivity contribution < 1.29 is 4.79 Å². The molecule has 1 aromatic rings. The Morgan fingerprint density at radius 3 is 2.59 bits per heavy atom. The number of hydrogen-bond donors (Lipinski definition) is 2. The first kappa shape index (κ1) is 14.0. The van der Waals surface area contributed by atoms with E-state index in [2.05, 4.69) is 10.3 Å². The van der Waals surface area contributed by atoms with Gasteiger partial charge in [0.1, 0.15) is 0 Å². The highest BCUT2D eigenvalue weighted by Crippen LogP contribution is 2.50. The van der Waals surface area contributed by atoms with E-state index >= 15 is 0 Å². The second kappa shape index (κ2) is 5.56. The summed E-state index contributed by atoms with van der Waals surface area (Å²) >= 11 is 0. The quantitative estimate of drug-likeness (QED) is 0.878. The summed E-state index contributed by atoms with van der Waals surface area (Å²) in [5.41, 5.74) is 2.06. The van der Waals surface area contributed by atoms with Crippen LogP contribution in [-0.2, 0) is 11.2 Å². The molecule has 1 atom stereocenters. The number of amides is 1. The van der Waals surface area contributed by atoms with Crippen LogP contribution in [0.2, 0.25) is 0 Å². The number of H-pyrrole nitrogens is 1. The van der Waals surface area contributed by atoms with E-state index in [0.717, 1.165) is 42.4 Å². The van der Waals surface area contributed by atoms with Crippen molar-refractivity contribution >= 4 is 5.91 Å². The molecule has 4 heteroatoms. The van der Waals surface area contributed by atoms with E-state index in [1.165, 1.54) is 25.7 Å². The molecule has 1 amide bonds. The van der Waals surface area contributed by atoms with Crippen LogP contribution in [0.5, 0.6) is 0 Å². The third-order valence-corrected chi connectivity index (χ3v) is 5.54. The zero-order chi connectivity index (χ0) is 15.1. The second-order valence-electron chi connectivity index (χ2n) is 7.31. The van der Waals surface area contributed by atoms with Gasteiger partial charge >= 0.3 is 0 Å². The smallest absolute Gasteiger partial charge is 0.248 e. The molecule has 0 bridgehead atoms. The molecule has 2 saturated carbocycles. The molecule has 2 fully saturated rings. The summed E-state index contributed by atoms with van der Waals surface area (Å²) in [6, 6.07) is 3.53. The summed E-state index contributed by atoms with van der Waals surface area (Å²) in [5.74, 6) is 2.45. The van der Waals surface area contributed by atoms with Crippen molar-refractivity contribution in [3.05, 3.63) is 33.7 Å². The van der Waals surface area contributed by atoms with Gasteiger partial charge in [0.2, 0.25) is 11.5 Å². The summed E-state index contributed by atoms with van der Waals surface area (Å²) in [6.45, 7) is 0. The Morgan fingerprint density at radius 2 is 1.91 bits per heavy atom. The molecule has 3 aliphatic rings. The van der Waals surface area contributed by atoms with E-state index in [4.69, 9.17) is 0 Å². The Labute approximate surface area is 130 Å². The number of fused-ring (bicyclic) bond motifs is 1. The van der Waals surface area contributed by atoms with Crippen LogP contribution in [0.3, 0.4) is 0 Å². The van der Waals surface area contributed by atoms with Crippen LogP contribution in [0, 0.1) is 17.8 Å².